The molecule has 0 atom stereocenters. The Labute approximate surface area is 189 Å². The highest BCUT2D eigenvalue weighted by Gasteiger charge is 2.26. The summed E-state index contributed by atoms with van der Waals surface area (Å²) in [5, 5.41) is 1.57. The van der Waals surface area contributed by atoms with Gasteiger partial charge in [0.1, 0.15) is 5.75 Å². The molecule has 0 unspecified atom stereocenters. The van der Waals surface area contributed by atoms with Gasteiger partial charge in [0.15, 0.2) is 0 Å². The van der Waals surface area contributed by atoms with Crippen molar-refractivity contribution in [1.29, 1.82) is 0 Å². The Morgan fingerprint density at radius 3 is 2.58 bits per heavy atom. The van der Waals surface area contributed by atoms with Crippen LogP contribution in [-0.2, 0) is 6.54 Å². The molecular formula is C25H26N4O4. The summed E-state index contributed by atoms with van der Waals surface area (Å²) >= 11 is 0. The second-order valence-electron chi connectivity index (χ2n) is 8.46. The number of aromatic nitrogens is 3. The van der Waals surface area contributed by atoms with Crippen LogP contribution in [0.15, 0.2) is 52.2 Å². The number of hydrogen-bond acceptors (Lipinski definition) is 4. The van der Waals surface area contributed by atoms with Crippen LogP contribution in [0.4, 0.5) is 0 Å². The Kier molecular flexibility index (Phi) is 5.28. The zero-order chi connectivity index (χ0) is 23.1. The predicted octanol–water partition coefficient (Wildman–Crippen LogP) is 3.22. The maximum absolute atomic E-state index is 13.2. The molecule has 4 aromatic rings. The third-order valence-corrected chi connectivity index (χ3v) is 6.69. The van der Waals surface area contributed by atoms with Crippen molar-refractivity contribution in [2.24, 2.45) is 0 Å². The van der Waals surface area contributed by atoms with E-state index in [9.17, 15) is 14.4 Å². The SMILES string of the molecule is CCn1c(=O)[nH]c2cc(C(=O)N3CCC(c4c[nH]c5ccc(OC)cc45)CC3)ccc2c1=O. The third kappa shape index (κ3) is 3.61. The van der Waals surface area contributed by atoms with E-state index in [1.807, 2.05) is 17.0 Å². The van der Waals surface area contributed by atoms with E-state index in [2.05, 4.69) is 22.2 Å². The van der Waals surface area contributed by atoms with Gasteiger partial charge < -0.3 is 19.6 Å². The van der Waals surface area contributed by atoms with Gasteiger partial charge >= 0.3 is 5.69 Å². The number of carbonyl (C=O) groups is 1. The van der Waals surface area contributed by atoms with Crippen LogP contribution in [0.1, 0.15) is 41.6 Å². The smallest absolute Gasteiger partial charge is 0.328 e. The number of carbonyl (C=O) groups excluding carboxylic acids is 1. The lowest BCUT2D eigenvalue weighted by molar-refractivity contribution is 0.0713. The number of piperidine rings is 1. The topological polar surface area (TPSA) is 100 Å². The van der Waals surface area contributed by atoms with Gasteiger partial charge in [-0.05, 0) is 67.6 Å². The van der Waals surface area contributed by atoms with Gasteiger partial charge in [0.2, 0.25) is 0 Å². The molecule has 2 aromatic heterocycles. The molecule has 8 nitrogen and oxygen atoms in total. The minimum Gasteiger partial charge on any atom is -0.497 e. The Morgan fingerprint density at radius 2 is 1.85 bits per heavy atom. The number of rotatable bonds is 4. The highest BCUT2D eigenvalue weighted by molar-refractivity contribution is 5.97. The van der Waals surface area contributed by atoms with Gasteiger partial charge in [-0.15, -0.1) is 0 Å². The summed E-state index contributed by atoms with van der Waals surface area (Å²) in [6.45, 7) is 3.33. The van der Waals surface area contributed by atoms with E-state index in [1.54, 1.807) is 32.2 Å². The maximum atomic E-state index is 13.2. The first kappa shape index (κ1) is 21.1. The first-order valence-electron chi connectivity index (χ1n) is 11.2. The number of likely N-dealkylation sites (tertiary alicyclic amines) is 1. The number of H-pyrrole nitrogens is 2. The van der Waals surface area contributed by atoms with Crippen molar-refractivity contribution < 1.29 is 9.53 Å². The number of hydrogen-bond donors (Lipinski definition) is 2. The monoisotopic (exact) mass is 446 g/mol. The third-order valence-electron chi connectivity index (χ3n) is 6.69. The molecule has 1 aliphatic rings. The van der Waals surface area contributed by atoms with E-state index in [0.29, 0.717) is 42.0 Å². The number of aromatic amines is 2. The molecule has 0 aliphatic carbocycles. The fraction of sp³-hybridized carbons (Fsp3) is 0.320. The molecular weight excluding hydrogens is 420 g/mol. The lowest BCUT2D eigenvalue weighted by Crippen LogP contribution is -2.38. The molecule has 5 rings (SSSR count). The first-order chi connectivity index (χ1) is 16.0. The molecule has 170 valence electrons. The standard InChI is InChI=1S/C25H26N4O4/c1-3-29-24(31)18-6-4-16(12-22(18)27-25(29)32)23(30)28-10-8-15(9-11-28)20-14-26-21-7-5-17(33-2)13-19(20)21/h4-7,12-15,26H,3,8-11H2,1-2H3,(H,27,32). The van der Waals surface area contributed by atoms with E-state index in [0.717, 1.165) is 34.1 Å². The van der Waals surface area contributed by atoms with E-state index in [-0.39, 0.29) is 11.5 Å². The number of amides is 1. The summed E-state index contributed by atoms with van der Waals surface area (Å²) in [6, 6.07) is 10.9. The summed E-state index contributed by atoms with van der Waals surface area (Å²) in [6.07, 6.45) is 3.79. The van der Waals surface area contributed by atoms with Crippen LogP contribution in [0.3, 0.4) is 0 Å². The Morgan fingerprint density at radius 1 is 1.06 bits per heavy atom. The molecule has 33 heavy (non-hydrogen) atoms. The van der Waals surface area contributed by atoms with E-state index >= 15 is 0 Å². The van der Waals surface area contributed by atoms with Crippen molar-refractivity contribution >= 4 is 27.7 Å². The van der Waals surface area contributed by atoms with E-state index in [4.69, 9.17) is 4.74 Å². The molecule has 2 aromatic carbocycles. The Hall–Kier alpha value is -3.81. The number of nitrogens with zero attached hydrogens (tertiary/aromatic N) is 2. The van der Waals surface area contributed by atoms with E-state index < -0.39 is 5.69 Å². The largest absolute Gasteiger partial charge is 0.497 e. The molecule has 1 amide bonds. The highest BCUT2D eigenvalue weighted by Crippen LogP contribution is 2.35. The quantitative estimate of drug-likeness (QED) is 0.503. The Balaban J connectivity index is 1.35. The molecule has 2 N–H and O–H groups in total. The Bertz CT molecular complexity index is 1470. The normalized spacial score (nSPS) is 14.8. The van der Waals surface area contributed by atoms with Crippen molar-refractivity contribution in [3.8, 4) is 5.75 Å². The highest BCUT2D eigenvalue weighted by atomic mass is 16.5. The van der Waals surface area contributed by atoms with Crippen LogP contribution >= 0.6 is 0 Å². The minimum absolute atomic E-state index is 0.0866. The second-order valence-corrected chi connectivity index (χ2v) is 8.46. The van der Waals surface area contributed by atoms with E-state index in [1.165, 1.54) is 5.56 Å². The molecule has 8 heteroatoms. The molecule has 0 spiro atoms. The van der Waals surface area contributed by atoms with Gasteiger partial charge in [0.05, 0.1) is 18.0 Å². The van der Waals surface area contributed by atoms with Crippen LogP contribution in [0.25, 0.3) is 21.8 Å². The molecule has 1 aliphatic heterocycles. The summed E-state index contributed by atoms with van der Waals surface area (Å²) in [7, 11) is 1.67. The summed E-state index contributed by atoms with van der Waals surface area (Å²) in [5.74, 6) is 1.10. The van der Waals surface area contributed by atoms with Gasteiger partial charge in [-0.1, -0.05) is 0 Å². The number of benzene rings is 2. The molecule has 1 saturated heterocycles. The fourth-order valence-electron chi connectivity index (χ4n) is 4.84. The fourth-order valence-corrected chi connectivity index (χ4v) is 4.84. The average molecular weight is 447 g/mol. The van der Waals surface area contributed by atoms with Crippen molar-refractivity contribution in [2.75, 3.05) is 20.2 Å². The molecule has 3 heterocycles. The number of nitrogens with one attached hydrogen (secondary N) is 2. The van der Waals surface area contributed by atoms with Crippen LogP contribution in [0.2, 0.25) is 0 Å². The maximum Gasteiger partial charge on any atom is 0.328 e. The van der Waals surface area contributed by atoms with Crippen molar-refractivity contribution in [3.63, 3.8) is 0 Å². The van der Waals surface area contributed by atoms with Crippen molar-refractivity contribution in [3.05, 3.63) is 74.6 Å². The second kappa shape index (κ2) is 8.27. The van der Waals surface area contributed by atoms with Gasteiger partial charge in [0, 0.05) is 42.3 Å². The number of ether oxygens (including phenoxy) is 1. The lowest BCUT2D eigenvalue weighted by Gasteiger charge is -2.32. The molecule has 0 bridgehead atoms. The van der Waals surface area contributed by atoms with Gasteiger partial charge in [-0.2, -0.15) is 0 Å². The van der Waals surface area contributed by atoms with Crippen LogP contribution in [-0.4, -0.2) is 45.5 Å². The van der Waals surface area contributed by atoms with Gasteiger partial charge in [0.25, 0.3) is 11.5 Å². The first-order valence-corrected chi connectivity index (χ1v) is 11.2. The number of fused-ring (bicyclic) bond motifs is 2. The molecule has 0 saturated carbocycles. The minimum atomic E-state index is -0.462. The molecule has 0 radical (unpaired) electrons. The predicted molar refractivity (Wildman–Crippen MR) is 127 cm³/mol. The van der Waals surface area contributed by atoms with Crippen LogP contribution in [0.5, 0.6) is 5.75 Å². The van der Waals surface area contributed by atoms with Crippen molar-refractivity contribution in [2.45, 2.75) is 32.2 Å². The van der Waals surface area contributed by atoms with Crippen LogP contribution in [0, 0.1) is 0 Å². The molecule has 1 fully saturated rings. The zero-order valence-corrected chi connectivity index (χ0v) is 18.7. The van der Waals surface area contributed by atoms with Crippen LogP contribution < -0.4 is 16.0 Å². The average Bonchev–Trinajstić information content (AvgIpc) is 3.26. The van der Waals surface area contributed by atoms with Gasteiger partial charge in [-0.3, -0.25) is 14.2 Å². The van der Waals surface area contributed by atoms with Gasteiger partial charge in [-0.25, -0.2) is 4.79 Å². The number of methoxy groups -OCH3 is 1. The summed E-state index contributed by atoms with van der Waals surface area (Å²) in [4.78, 5) is 45.7. The lowest BCUT2D eigenvalue weighted by atomic mass is 9.89. The summed E-state index contributed by atoms with van der Waals surface area (Å²) < 4.78 is 6.53. The summed E-state index contributed by atoms with van der Waals surface area (Å²) in [5.41, 5.74) is 2.40. The zero-order valence-electron chi connectivity index (χ0n) is 18.7. The van der Waals surface area contributed by atoms with Crippen molar-refractivity contribution in [1.82, 2.24) is 19.4 Å².